The summed E-state index contributed by atoms with van der Waals surface area (Å²) < 4.78 is 17.9. The van der Waals surface area contributed by atoms with Gasteiger partial charge in [-0.15, -0.1) is 0 Å². The molecule has 1 N–H and O–H groups in total. The highest BCUT2D eigenvalue weighted by atomic mass is 19.1. The highest BCUT2D eigenvalue weighted by molar-refractivity contribution is 4.81. The van der Waals surface area contributed by atoms with Crippen LogP contribution in [0.2, 0.25) is 0 Å². The molecule has 3 heteroatoms. The number of ether oxygens (including phenoxy) is 1. The minimum Gasteiger partial charge on any atom is -0.390 e. The summed E-state index contributed by atoms with van der Waals surface area (Å²) in [5.74, 6) is 0. The molecule has 1 aliphatic rings. The second-order valence-electron chi connectivity index (χ2n) is 2.90. The molecule has 0 amide bonds. The standard InChI is InChI=1S/C7H13FO2/c1-4-3-6(9)7(8)5(2)10-4/h4-7,9H,3H2,1-2H3/t4?,5?,6?,7-/m1/s1. The Morgan fingerprint density at radius 2 is 2.10 bits per heavy atom. The van der Waals surface area contributed by atoms with Gasteiger partial charge in [0.15, 0.2) is 6.17 Å². The third kappa shape index (κ3) is 1.47. The Bertz CT molecular complexity index is 106. The van der Waals surface area contributed by atoms with Gasteiger partial charge in [-0.3, -0.25) is 0 Å². The highest BCUT2D eigenvalue weighted by Gasteiger charge is 2.33. The lowest BCUT2D eigenvalue weighted by molar-refractivity contribution is -0.129. The molecule has 0 aromatic carbocycles. The summed E-state index contributed by atoms with van der Waals surface area (Å²) in [6.45, 7) is 3.48. The van der Waals surface area contributed by atoms with Gasteiger partial charge in [0.05, 0.1) is 18.3 Å². The highest BCUT2D eigenvalue weighted by Crippen LogP contribution is 2.21. The molecule has 3 unspecified atom stereocenters. The summed E-state index contributed by atoms with van der Waals surface area (Å²) in [5.41, 5.74) is 0. The Hall–Kier alpha value is -0.150. The number of hydrogen-bond acceptors (Lipinski definition) is 2. The Morgan fingerprint density at radius 3 is 2.60 bits per heavy atom. The zero-order valence-corrected chi connectivity index (χ0v) is 6.25. The van der Waals surface area contributed by atoms with Crippen molar-refractivity contribution < 1.29 is 14.2 Å². The average molecular weight is 148 g/mol. The van der Waals surface area contributed by atoms with E-state index in [1.807, 2.05) is 6.92 Å². The van der Waals surface area contributed by atoms with Gasteiger partial charge in [-0.05, 0) is 13.8 Å². The fourth-order valence-corrected chi connectivity index (χ4v) is 1.28. The zero-order valence-electron chi connectivity index (χ0n) is 6.25. The van der Waals surface area contributed by atoms with Gasteiger partial charge in [-0.25, -0.2) is 4.39 Å². The second kappa shape index (κ2) is 2.84. The molecule has 0 saturated carbocycles. The molecule has 60 valence electrons. The van der Waals surface area contributed by atoms with Crippen LogP contribution in [0, 0.1) is 0 Å². The van der Waals surface area contributed by atoms with Gasteiger partial charge in [0, 0.05) is 6.42 Å². The van der Waals surface area contributed by atoms with Crippen molar-refractivity contribution in [1.82, 2.24) is 0 Å². The predicted molar refractivity (Wildman–Crippen MR) is 35.5 cm³/mol. The quantitative estimate of drug-likeness (QED) is 0.552. The van der Waals surface area contributed by atoms with Crippen LogP contribution in [-0.4, -0.2) is 29.6 Å². The molecule has 1 heterocycles. The molecule has 1 fully saturated rings. The van der Waals surface area contributed by atoms with Crippen LogP contribution in [0.1, 0.15) is 20.3 Å². The number of rotatable bonds is 0. The molecular formula is C7H13FO2. The first-order valence-corrected chi connectivity index (χ1v) is 3.59. The molecule has 0 aromatic rings. The van der Waals surface area contributed by atoms with Gasteiger partial charge in [0.2, 0.25) is 0 Å². The molecule has 10 heavy (non-hydrogen) atoms. The number of aliphatic hydroxyl groups is 1. The maximum absolute atomic E-state index is 12.8. The first-order valence-electron chi connectivity index (χ1n) is 3.59. The molecule has 1 rings (SSSR count). The van der Waals surface area contributed by atoms with E-state index in [2.05, 4.69) is 0 Å². The van der Waals surface area contributed by atoms with E-state index in [0.717, 1.165) is 0 Å². The van der Waals surface area contributed by atoms with E-state index >= 15 is 0 Å². The summed E-state index contributed by atoms with van der Waals surface area (Å²) in [5, 5.41) is 9.06. The van der Waals surface area contributed by atoms with Crippen molar-refractivity contribution in [3.63, 3.8) is 0 Å². The molecule has 1 aliphatic heterocycles. The van der Waals surface area contributed by atoms with Gasteiger partial charge in [0.25, 0.3) is 0 Å². The molecule has 0 spiro atoms. The van der Waals surface area contributed by atoms with Crippen LogP contribution in [0.25, 0.3) is 0 Å². The van der Waals surface area contributed by atoms with Crippen molar-refractivity contribution >= 4 is 0 Å². The molecule has 2 nitrogen and oxygen atoms in total. The average Bonchev–Trinajstić information content (AvgIpc) is 1.82. The molecule has 0 aromatic heterocycles. The zero-order chi connectivity index (χ0) is 7.72. The largest absolute Gasteiger partial charge is 0.390 e. The van der Waals surface area contributed by atoms with Gasteiger partial charge < -0.3 is 9.84 Å². The Kier molecular flexibility index (Phi) is 2.26. The monoisotopic (exact) mass is 148 g/mol. The van der Waals surface area contributed by atoms with E-state index in [1.54, 1.807) is 6.92 Å². The number of halogens is 1. The summed E-state index contributed by atoms with van der Waals surface area (Å²) in [6, 6.07) is 0. The smallest absolute Gasteiger partial charge is 0.152 e. The van der Waals surface area contributed by atoms with Gasteiger partial charge in [-0.2, -0.15) is 0 Å². The fourth-order valence-electron chi connectivity index (χ4n) is 1.28. The summed E-state index contributed by atoms with van der Waals surface area (Å²) in [7, 11) is 0. The molecule has 1 saturated heterocycles. The van der Waals surface area contributed by atoms with Crippen LogP contribution in [0.3, 0.4) is 0 Å². The van der Waals surface area contributed by atoms with Crippen molar-refractivity contribution in [3.05, 3.63) is 0 Å². The van der Waals surface area contributed by atoms with E-state index in [9.17, 15) is 4.39 Å². The van der Waals surface area contributed by atoms with Crippen molar-refractivity contribution in [1.29, 1.82) is 0 Å². The van der Waals surface area contributed by atoms with Crippen LogP contribution in [0.5, 0.6) is 0 Å². The lowest BCUT2D eigenvalue weighted by Crippen LogP contribution is -2.43. The van der Waals surface area contributed by atoms with Gasteiger partial charge in [-0.1, -0.05) is 0 Å². The lowest BCUT2D eigenvalue weighted by Gasteiger charge is -2.32. The van der Waals surface area contributed by atoms with E-state index in [4.69, 9.17) is 9.84 Å². The third-order valence-electron chi connectivity index (χ3n) is 1.84. The van der Waals surface area contributed by atoms with Crippen molar-refractivity contribution in [2.75, 3.05) is 0 Å². The number of hydrogen-bond donors (Lipinski definition) is 1. The SMILES string of the molecule is CC1CC(O)[C@H](F)C(C)O1. The molecule has 4 atom stereocenters. The van der Waals surface area contributed by atoms with Gasteiger partial charge in [0.1, 0.15) is 0 Å². The minimum absolute atomic E-state index is 0.0167. The maximum atomic E-state index is 12.8. The lowest BCUT2D eigenvalue weighted by atomic mass is 10.0. The predicted octanol–water partition coefficient (Wildman–Crippen LogP) is 0.883. The minimum atomic E-state index is -1.21. The summed E-state index contributed by atoms with van der Waals surface area (Å²) in [6.07, 6.45) is -2.11. The number of aliphatic hydroxyl groups excluding tert-OH is 1. The van der Waals surface area contributed by atoms with E-state index in [1.165, 1.54) is 0 Å². The molecular weight excluding hydrogens is 135 g/mol. The Balaban J connectivity index is 2.49. The van der Waals surface area contributed by atoms with E-state index in [0.29, 0.717) is 6.42 Å². The normalized spacial score (nSPS) is 49.2. The maximum Gasteiger partial charge on any atom is 0.152 e. The first-order chi connectivity index (χ1) is 4.61. The van der Waals surface area contributed by atoms with Crippen molar-refractivity contribution in [2.45, 2.75) is 44.8 Å². The topological polar surface area (TPSA) is 29.5 Å². The van der Waals surface area contributed by atoms with Crippen LogP contribution < -0.4 is 0 Å². The van der Waals surface area contributed by atoms with Gasteiger partial charge >= 0.3 is 0 Å². The van der Waals surface area contributed by atoms with Crippen molar-refractivity contribution in [3.8, 4) is 0 Å². The first kappa shape index (κ1) is 7.95. The Morgan fingerprint density at radius 1 is 1.50 bits per heavy atom. The van der Waals surface area contributed by atoms with E-state index < -0.39 is 18.4 Å². The van der Waals surface area contributed by atoms with Crippen LogP contribution in [0.4, 0.5) is 4.39 Å². The van der Waals surface area contributed by atoms with Crippen molar-refractivity contribution in [2.24, 2.45) is 0 Å². The number of alkyl halides is 1. The van der Waals surface area contributed by atoms with Crippen LogP contribution in [-0.2, 0) is 4.74 Å². The van der Waals surface area contributed by atoms with Crippen LogP contribution in [0.15, 0.2) is 0 Å². The molecule has 0 aliphatic carbocycles. The fraction of sp³-hybridized carbons (Fsp3) is 1.00. The molecule has 0 bridgehead atoms. The Labute approximate surface area is 60.0 Å². The summed E-state index contributed by atoms with van der Waals surface area (Å²) in [4.78, 5) is 0. The second-order valence-corrected chi connectivity index (χ2v) is 2.90. The van der Waals surface area contributed by atoms with E-state index in [-0.39, 0.29) is 6.10 Å². The summed E-state index contributed by atoms with van der Waals surface area (Å²) >= 11 is 0. The third-order valence-corrected chi connectivity index (χ3v) is 1.84. The van der Waals surface area contributed by atoms with Crippen LogP contribution >= 0.6 is 0 Å². The molecule has 0 radical (unpaired) electrons.